The van der Waals surface area contributed by atoms with E-state index in [4.69, 9.17) is 4.42 Å². The van der Waals surface area contributed by atoms with Crippen molar-refractivity contribution in [1.82, 2.24) is 0 Å². The second-order valence-corrected chi connectivity index (χ2v) is 4.71. The van der Waals surface area contributed by atoms with Gasteiger partial charge in [0.2, 0.25) is 0 Å². The molecule has 0 saturated heterocycles. The van der Waals surface area contributed by atoms with Gasteiger partial charge < -0.3 is 9.73 Å². The average molecular weight is 294 g/mol. The Hall–Kier alpha value is -1.55. The topological polar surface area (TPSA) is 42.2 Å². The van der Waals surface area contributed by atoms with Gasteiger partial charge in [0.15, 0.2) is 5.76 Å². The van der Waals surface area contributed by atoms with Crippen molar-refractivity contribution in [2.75, 3.05) is 5.32 Å². The van der Waals surface area contributed by atoms with E-state index in [0.717, 1.165) is 21.3 Å². The first-order valence-corrected chi connectivity index (χ1v) is 5.99. The molecule has 0 spiro atoms. The van der Waals surface area contributed by atoms with E-state index >= 15 is 0 Å². The number of halogens is 1. The molecule has 88 valence electrons. The van der Waals surface area contributed by atoms with E-state index in [1.54, 1.807) is 6.07 Å². The van der Waals surface area contributed by atoms with Gasteiger partial charge in [0.25, 0.3) is 5.91 Å². The van der Waals surface area contributed by atoms with Crippen LogP contribution in [0.4, 0.5) is 5.69 Å². The molecule has 0 unspecified atom stereocenters. The Morgan fingerprint density at radius 1 is 1.24 bits per heavy atom. The molecule has 3 nitrogen and oxygen atoms in total. The molecule has 0 radical (unpaired) electrons. The Morgan fingerprint density at radius 2 is 2.00 bits per heavy atom. The number of amides is 1. The Balaban J connectivity index is 2.19. The second kappa shape index (κ2) is 4.75. The van der Waals surface area contributed by atoms with Crippen LogP contribution < -0.4 is 5.32 Å². The molecule has 17 heavy (non-hydrogen) atoms. The minimum absolute atomic E-state index is 0.228. The molecule has 0 bridgehead atoms. The van der Waals surface area contributed by atoms with Crippen molar-refractivity contribution in [3.8, 4) is 0 Å². The van der Waals surface area contributed by atoms with Crippen LogP contribution in [-0.2, 0) is 0 Å². The molecule has 2 aromatic rings. The summed E-state index contributed by atoms with van der Waals surface area (Å²) in [6, 6.07) is 7.41. The Kier molecular flexibility index (Phi) is 3.33. The molecule has 0 aliphatic carbocycles. The van der Waals surface area contributed by atoms with Crippen LogP contribution in [0.2, 0.25) is 0 Å². The SMILES string of the molecule is Cc1cc(NC(=O)c2occc2C)ccc1Br. The van der Waals surface area contributed by atoms with Crippen LogP contribution in [0.25, 0.3) is 0 Å². The maximum absolute atomic E-state index is 11.9. The zero-order chi connectivity index (χ0) is 12.4. The van der Waals surface area contributed by atoms with Gasteiger partial charge in [-0.1, -0.05) is 15.9 Å². The molecule has 0 aliphatic rings. The lowest BCUT2D eigenvalue weighted by atomic mass is 10.2. The van der Waals surface area contributed by atoms with Gasteiger partial charge in [-0.25, -0.2) is 0 Å². The molecule has 0 aliphatic heterocycles. The normalized spacial score (nSPS) is 10.3. The first-order valence-electron chi connectivity index (χ1n) is 5.19. The monoisotopic (exact) mass is 293 g/mol. The lowest BCUT2D eigenvalue weighted by Gasteiger charge is -2.06. The molecular formula is C13H12BrNO2. The van der Waals surface area contributed by atoms with Gasteiger partial charge in [-0.15, -0.1) is 0 Å². The number of furan rings is 1. The summed E-state index contributed by atoms with van der Waals surface area (Å²) in [5, 5.41) is 2.80. The van der Waals surface area contributed by atoms with E-state index in [0.29, 0.717) is 5.76 Å². The van der Waals surface area contributed by atoms with E-state index in [-0.39, 0.29) is 5.91 Å². The largest absolute Gasteiger partial charge is 0.459 e. The number of anilines is 1. The average Bonchev–Trinajstić information content (AvgIpc) is 2.70. The molecule has 4 heteroatoms. The van der Waals surface area contributed by atoms with Crippen LogP contribution in [0.1, 0.15) is 21.7 Å². The lowest BCUT2D eigenvalue weighted by Crippen LogP contribution is -2.12. The number of rotatable bonds is 2. The van der Waals surface area contributed by atoms with Gasteiger partial charge >= 0.3 is 0 Å². The molecule has 2 rings (SSSR count). The Morgan fingerprint density at radius 3 is 2.59 bits per heavy atom. The summed E-state index contributed by atoms with van der Waals surface area (Å²) in [6.45, 7) is 3.81. The fourth-order valence-electron chi connectivity index (χ4n) is 1.52. The molecule has 1 heterocycles. The van der Waals surface area contributed by atoms with Crippen LogP contribution in [0.5, 0.6) is 0 Å². The molecule has 1 aromatic carbocycles. The van der Waals surface area contributed by atoms with E-state index in [1.165, 1.54) is 6.26 Å². The van der Waals surface area contributed by atoms with Crippen LogP contribution in [0.3, 0.4) is 0 Å². The third kappa shape index (κ3) is 2.58. The summed E-state index contributed by atoms with van der Waals surface area (Å²) in [5.74, 6) is 0.125. The maximum atomic E-state index is 11.9. The summed E-state index contributed by atoms with van der Waals surface area (Å²) in [5.41, 5.74) is 2.65. The molecular weight excluding hydrogens is 282 g/mol. The summed E-state index contributed by atoms with van der Waals surface area (Å²) < 4.78 is 6.15. The summed E-state index contributed by atoms with van der Waals surface area (Å²) >= 11 is 3.41. The fraction of sp³-hybridized carbons (Fsp3) is 0.154. The lowest BCUT2D eigenvalue weighted by molar-refractivity contribution is 0.0996. The van der Waals surface area contributed by atoms with Gasteiger partial charge in [-0.2, -0.15) is 0 Å². The third-order valence-electron chi connectivity index (χ3n) is 2.48. The minimum Gasteiger partial charge on any atom is -0.459 e. The zero-order valence-corrected chi connectivity index (χ0v) is 11.2. The fourth-order valence-corrected chi connectivity index (χ4v) is 1.76. The highest BCUT2D eigenvalue weighted by Gasteiger charge is 2.12. The summed E-state index contributed by atoms with van der Waals surface area (Å²) in [4.78, 5) is 11.9. The highest BCUT2D eigenvalue weighted by molar-refractivity contribution is 9.10. The van der Waals surface area contributed by atoms with E-state index in [1.807, 2.05) is 32.0 Å². The second-order valence-electron chi connectivity index (χ2n) is 3.85. The molecule has 1 aromatic heterocycles. The number of carbonyl (C=O) groups is 1. The standard InChI is InChI=1S/C13H12BrNO2/c1-8-5-6-17-12(8)13(16)15-10-3-4-11(14)9(2)7-10/h3-7H,1-2H3,(H,15,16). The number of aryl methyl sites for hydroxylation is 2. The van der Waals surface area contributed by atoms with E-state index in [2.05, 4.69) is 21.2 Å². The van der Waals surface area contributed by atoms with Gasteiger partial charge in [-0.3, -0.25) is 4.79 Å². The van der Waals surface area contributed by atoms with Gasteiger partial charge in [0.1, 0.15) is 0 Å². The van der Waals surface area contributed by atoms with Gasteiger partial charge in [-0.05, 0) is 43.7 Å². The molecule has 0 fully saturated rings. The van der Waals surface area contributed by atoms with Crippen molar-refractivity contribution >= 4 is 27.5 Å². The maximum Gasteiger partial charge on any atom is 0.291 e. The van der Waals surface area contributed by atoms with E-state index < -0.39 is 0 Å². The first-order chi connectivity index (χ1) is 8.08. The quantitative estimate of drug-likeness (QED) is 0.912. The highest BCUT2D eigenvalue weighted by atomic mass is 79.9. The van der Waals surface area contributed by atoms with Crippen molar-refractivity contribution in [2.45, 2.75) is 13.8 Å². The number of hydrogen-bond donors (Lipinski definition) is 1. The Labute approximate surface area is 108 Å². The molecule has 1 amide bonds. The highest BCUT2D eigenvalue weighted by Crippen LogP contribution is 2.21. The summed E-state index contributed by atoms with van der Waals surface area (Å²) in [7, 11) is 0. The molecule has 0 saturated carbocycles. The molecule has 1 N–H and O–H groups in total. The van der Waals surface area contributed by atoms with Gasteiger partial charge in [0, 0.05) is 15.7 Å². The number of carbonyl (C=O) groups excluding carboxylic acids is 1. The van der Waals surface area contributed by atoms with Crippen LogP contribution in [0.15, 0.2) is 39.4 Å². The Bertz CT molecular complexity index is 560. The zero-order valence-electron chi connectivity index (χ0n) is 9.58. The number of benzene rings is 1. The van der Waals surface area contributed by atoms with Crippen molar-refractivity contribution in [2.24, 2.45) is 0 Å². The smallest absolute Gasteiger partial charge is 0.291 e. The first kappa shape index (κ1) is 11.9. The van der Waals surface area contributed by atoms with Crippen LogP contribution >= 0.6 is 15.9 Å². The summed E-state index contributed by atoms with van der Waals surface area (Å²) in [6.07, 6.45) is 1.51. The van der Waals surface area contributed by atoms with Crippen LogP contribution in [-0.4, -0.2) is 5.91 Å². The minimum atomic E-state index is -0.228. The van der Waals surface area contributed by atoms with E-state index in [9.17, 15) is 4.79 Å². The third-order valence-corrected chi connectivity index (χ3v) is 3.37. The molecule has 0 atom stereocenters. The number of nitrogens with one attached hydrogen (secondary N) is 1. The predicted molar refractivity (Wildman–Crippen MR) is 70.3 cm³/mol. The predicted octanol–water partition coefficient (Wildman–Crippen LogP) is 3.91. The number of hydrogen-bond acceptors (Lipinski definition) is 2. The van der Waals surface area contributed by atoms with Crippen molar-refractivity contribution in [1.29, 1.82) is 0 Å². The van der Waals surface area contributed by atoms with Gasteiger partial charge in [0.05, 0.1) is 6.26 Å². The van der Waals surface area contributed by atoms with Crippen molar-refractivity contribution in [3.63, 3.8) is 0 Å². The van der Waals surface area contributed by atoms with Crippen molar-refractivity contribution < 1.29 is 9.21 Å². The van der Waals surface area contributed by atoms with Crippen LogP contribution in [0, 0.1) is 13.8 Å². The van der Waals surface area contributed by atoms with Crippen molar-refractivity contribution in [3.05, 3.63) is 51.9 Å².